The Morgan fingerprint density at radius 2 is 1.51 bits per heavy atom. The van der Waals surface area contributed by atoms with Crippen molar-refractivity contribution in [3.8, 4) is 11.5 Å². The van der Waals surface area contributed by atoms with Crippen molar-refractivity contribution in [2.24, 2.45) is 0 Å². The van der Waals surface area contributed by atoms with Gasteiger partial charge in [-0.05, 0) is 43.7 Å². The van der Waals surface area contributed by atoms with Crippen molar-refractivity contribution >= 4 is 22.4 Å². The number of benzene rings is 3. The maximum absolute atomic E-state index is 13.6. The van der Waals surface area contributed by atoms with Gasteiger partial charge < -0.3 is 19.4 Å². The van der Waals surface area contributed by atoms with Gasteiger partial charge in [-0.25, -0.2) is 0 Å². The third-order valence-electron chi connectivity index (χ3n) is 6.22. The van der Waals surface area contributed by atoms with Crippen LogP contribution in [0.4, 0.5) is 5.69 Å². The molecule has 5 rings (SSSR count). The lowest BCUT2D eigenvalue weighted by atomic mass is 10.1. The van der Waals surface area contributed by atoms with E-state index in [2.05, 4.69) is 5.32 Å². The highest BCUT2D eigenvalue weighted by Crippen LogP contribution is 2.34. The number of nitrogens with zero attached hydrogens (tertiary/aromatic N) is 1. The first-order valence-corrected chi connectivity index (χ1v) is 11.8. The average molecular weight is 469 g/mol. The molecule has 0 bridgehead atoms. The Labute approximate surface area is 204 Å². The van der Waals surface area contributed by atoms with Gasteiger partial charge in [-0.2, -0.15) is 0 Å². The van der Waals surface area contributed by atoms with Gasteiger partial charge in [0.05, 0.1) is 12.1 Å². The summed E-state index contributed by atoms with van der Waals surface area (Å²) in [5, 5.41) is 4.16. The number of anilines is 1. The molecule has 0 fully saturated rings. The van der Waals surface area contributed by atoms with Crippen molar-refractivity contribution in [3.05, 3.63) is 99.3 Å². The van der Waals surface area contributed by atoms with Gasteiger partial charge in [-0.3, -0.25) is 9.59 Å². The van der Waals surface area contributed by atoms with Crippen molar-refractivity contribution < 1.29 is 14.3 Å². The molecule has 35 heavy (non-hydrogen) atoms. The van der Waals surface area contributed by atoms with E-state index in [-0.39, 0.29) is 24.3 Å². The fraction of sp³-hybridized carbons (Fsp3) is 0.241. The third kappa shape index (κ3) is 5.06. The molecule has 0 radical (unpaired) electrons. The summed E-state index contributed by atoms with van der Waals surface area (Å²) in [5.41, 5.74) is 5.23. The molecule has 6 heteroatoms. The second-order valence-corrected chi connectivity index (χ2v) is 9.04. The van der Waals surface area contributed by atoms with Crippen molar-refractivity contribution in [2.45, 2.75) is 33.4 Å². The number of aryl methyl sites for hydroxylation is 2. The molecule has 1 aromatic heterocycles. The van der Waals surface area contributed by atoms with E-state index in [4.69, 9.17) is 9.47 Å². The minimum Gasteiger partial charge on any atom is -0.486 e. The first-order valence-electron chi connectivity index (χ1n) is 11.8. The van der Waals surface area contributed by atoms with Crippen LogP contribution in [-0.4, -0.2) is 23.6 Å². The number of ketones is 1. The molecule has 1 aliphatic heterocycles. The molecular formula is C29H28N2O4. The third-order valence-corrected chi connectivity index (χ3v) is 6.22. The largest absolute Gasteiger partial charge is 0.486 e. The highest BCUT2D eigenvalue weighted by atomic mass is 16.6. The summed E-state index contributed by atoms with van der Waals surface area (Å²) in [7, 11) is 0. The highest BCUT2D eigenvalue weighted by Gasteiger charge is 2.18. The van der Waals surface area contributed by atoms with Crippen molar-refractivity contribution in [2.75, 3.05) is 18.5 Å². The zero-order valence-electron chi connectivity index (χ0n) is 20.0. The molecule has 1 N–H and O–H groups in total. The molecule has 0 saturated carbocycles. The van der Waals surface area contributed by atoms with Gasteiger partial charge in [0.25, 0.3) is 5.56 Å². The molecule has 2 heterocycles. The quantitative estimate of drug-likeness (QED) is 0.421. The number of ether oxygens (including phenoxy) is 2. The average Bonchev–Trinajstić information content (AvgIpc) is 2.86. The van der Waals surface area contributed by atoms with Crippen LogP contribution in [0.2, 0.25) is 0 Å². The number of nitrogens with one attached hydrogen (secondary N) is 1. The minimum atomic E-state index is -0.189. The summed E-state index contributed by atoms with van der Waals surface area (Å²) in [4.78, 5) is 26.6. The van der Waals surface area contributed by atoms with Gasteiger partial charge in [-0.15, -0.1) is 0 Å². The number of pyridine rings is 1. The number of Topliss-reactive ketones (excluding diaryl/α,β-unsaturated/α-hetero) is 1. The van der Waals surface area contributed by atoms with E-state index in [1.54, 1.807) is 4.57 Å². The van der Waals surface area contributed by atoms with Gasteiger partial charge in [0, 0.05) is 35.7 Å². The van der Waals surface area contributed by atoms with Crippen LogP contribution in [0, 0.1) is 13.8 Å². The summed E-state index contributed by atoms with van der Waals surface area (Å²) < 4.78 is 13.1. The fourth-order valence-corrected chi connectivity index (χ4v) is 4.29. The van der Waals surface area contributed by atoms with Crippen molar-refractivity contribution in [3.63, 3.8) is 0 Å². The van der Waals surface area contributed by atoms with Crippen LogP contribution in [0.5, 0.6) is 11.5 Å². The normalized spacial score (nSPS) is 12.5. The fourth-order valence-electron chi connectivity index (χ4n) is 4.29. The Morgan fingerprint density at radius 3 is 2.20 bits per heavy atom. The van der Waals surface area contributed by atoms with Crippen LogP contribution < -0.4 is 20.3 Å². The maximum Gasteiger partial charge on any atom is 0.256 e. The SMILES string of the molecule is Cc1ccc(CC(=O)Cn2c(=O)c(CNc3ccc(C)cc3)cc3cc4c(cc32)OCCO4)cc1. The van der Waals surface area contributed by atoms with Crippen molar-refractivity contribution in [1.29, 1.82) is 0 Å². The van der Waals surface area contributed by atoms with Crippen LogP contribution in [-0.2, 0) is 24.3 Å². The molecule has 6 nitrogen and oxygen atoms in total. The molecule has 0 aliphatic carbocycles. The molecule has 0 amide bonds. The minimum absolute atomic E-state index is 0.0127. The highest BCUT2D eigenvalue weighted by molar-refractivity contribution is 5.87. The number of rotatable bonds is 7. The van der Waals surface area contributed by atoms with E-state index in [0.717, 1.165) is 22.2 Å². The lowest BCUT2D eigenvalue weighted by Crippen LogP contribution is -2.29. The van der Waals surface area contributed by atoms with Crippen LogP contribution >= 0.6 is 0 Å². The number of carbonyl (C=O) groups is 1. The van der Waals surface area contributed by atoms with Crippen LogP contribution in [0.1, 0.15) is 22.3 Å². The summed E-state index contributed by atoms with van der Waals surface area (Å²) in [6.45, 7) is 5.31. The summed E-state index contributed by atoms with van der Waals surface area (Å²) >= 11 is 0. The number of hydrogen-bond acceptors (Lipinski definition) is 5. The standard InChI is InChI=1S/C29H28N2O4/c1-19-3-7-21(8-4-19)13-25(32)18-31-26-16-28-27(34-11-12-35-28)15-22(26)14-23(29(31)33)17-30-24-9-5-20(2)6-10-24/h3-10,14-16,30H,11-13,17-18H2,1-2H3. The molecule has 0 unspecified atom stereocenters. The van der Waals surface area contributed by atoms with Gasteiger partial charge >= 0.3 is 0 Å². The Kier molecular flexibility index (Phi) is 6.27. The van der Waals surface area contributed by atoms with Crippen LogP contribution in [0.25, 0.3) is 10.9 Å². The zero-order valence-corrected chi connectivity index (χ0v) is 20.0. The van der Waals surface area contributed by atoms with E-state index in [9.17, 15) is 9.59 Å². The maximum atomic E-state index is 13.6. The van der Waals surface area contributed by atoms with Crippen molar-refractivity contribution in [1.82, 2.24) is 4.57 Å². The summed E-state index contributed by atoms with van der Waals surface area (Å²) in [6.07, 6.45) is 0.268. The predicted molar refractivity (Wildman–Crippen MR) is 138 cm³/mol. The van der Waals surface area contributed by atoms with E-state index < -0.39 is 0 Å². The molecule has 1 aliphatic rings. The number of aromatic nitrogens is 1. The molecule has 0 saturated heterocycles. The number of hydrogen-bond donors (Lipinski definition) is 1. The van der Waals surface area contributed by atoms with Gasteiger partial charge in [-0.1, -0.05) is 47.5 Å². The molecule has 178 valence electrons. The van der Waals surface area contributed by atoms with Crippen LogP contribution in [0.15, 0.2) is 71.5 Å². The van der Waals surface area contributed by atoms with E-state index in [1.165, 1.54) is 5.56 Å². The lowest BCUT2D eigenvalue weighted by Gasteiger charge is -2.21. The second-order valence-electron chi connectivity index (χ2n) is 9.04. The zero-order chi connectivity index (χ0) is 24.4. The Balaban J connectivity index is 1.50. The topological polar surface area (TPSA) is 69.6 Å². The van der Waals surface area contributed by atoms with E-state index in [0.29, 0.717) is 42.3 Å². The molecule has 0 atom stereocenters. The molecule has 0 spiro atoms. The van der Waals surface area contributed by atoms with Gasteiger partial charge in [0.1, 0.15) is 13.2 Å². The first-order chi connectivity index (χ1) is 17.0. The molecule has 3 aromatic carbocycles. The van der Waals surface area contributed by atoms with Gasteiger partial charge in [0.15, 0.2) is 17.3 Å². The van der Waals surface area contributed by atoms with Crippen LogP contribution in [0.3, 0.4) is 0 Å². The predicted octanol–water partition coefficient (Wildman–Crippen LogP) is 4.81. The van der Waals surface area contributed by atoms with Gasteiger partial charge in [0.2, 0.25) is 0 Å². The monoisotopic (exact) mass is 468 g/mol. The Morgan fingerprint density at radius 1 is 0.886 bits per heavy atom. The summed E-state index contributed by atoms with van der Waals surface area (Å²) in [5.74, 6) is 1.21. The smallest absolute Gasteiger partial charge is 0.256 e. The van der Waals surface area contributed by atoms with E-state index >= 15 is 0 Å². The Hall–Kier alpha value is -4.06. The molecule has 4 aromatic rings. The molecular weight excluding hydrogens is 440 g/mol. The second kappa shape index (κ2) is 9.66. The Bertz CT molecular complexity index is 1440. The van der Waals surface area contributed by atoms with E-state index in [1.807, 2.05) is 80.6 Å². The summed E-state index contributed by atoms with van der Waals surface area (Å²) in [6, 6.07) is 21.5. The first kappa shape index (κ1) is 22.7. The lowest BCUT2D eigenvalue weighted by molar-refractivity contribution is -0.119. The number of carbonyl (C=O) groups excluding carboxylic acids is 1. The number of fused-ring (bicyclic) bond motifs is 2.